The lowest BCUT2D eigenvalue weighted by atomic mass is 9.89. The van der Waals surface area contributed by atoms with Crippen molar-refractivity contribution >= 4 is 23.3 Å². The van der Waals surface area contributed by atoms with Crippen LogP contribution in [-0.2, 0) is 0 Å². The van der Waals surface area contributed by atoms with Gasteiger partial charge in [0.05, 0.1) is 23.4 Å². The molecule has 118 valence electrons. The van der Waals surface area contributed by atoms with Gasteiger partial charge in [-0.3, -0.25) is 0 Å². The number of carbonyl (C=O) groups is 1. The lowest BCUT2D eigenvalue weighted by Crippen LogP contribution is -2.46. The van der Waals surface area contributed by atoms with Crippen molar-refractivity contribution in [2.45, 2.75) is 32.8 Å². The molecule has 1 aromatic rings. The Labute approximate surface area is 130 Å². The normalized spacial score (nSPS) is 15.0. The molecule has 1 rings (SSSR count). The van der Waals surface area contributed by atoms with Crippen molar-refractivity contribution < 1.29 is 14.6 Å². The van der Waals surface area contributed by atoms with Crippen molar-refractivity contribution in [3.8, 4) is 5.75 Å². The molecule has 5 nitrogen and oxygen atoms in total. The summed E-state index contributed by atoms with van der Waals surface area (Å²) in [7, 11) is 1.48. The topological polar surface area (TPSA) is 70.6 Å². The predicted molar refractivity (Wildman–Crippen MR) is 85.1 cm³/mol. The SMILES string of the molecule is CCC(C)C(C)(O)CNC(=O)Nc1cccc(Cl)c1OC. The third-order valence-electron chi connectivity index (χ3n) is 3.70. The second-order valence-corrected chi connectivity index (χ2v) is 5.70. The Hall–Kier alpha value is -1.46. The number of para-hydroxylation sites is 1. The Morgan fingerprint density at radius 1 is 1.52 bits per heavy atom. The van der Waals surface area contributed by atoms with Crippen molar-refractivity contribution in [2.75, 3.05) is 19.0 Å². The van der Waals surface area contributed by atoms with Gasteiger partial charge >= 0.3 is 6.03 Å². The van der Waals surface area contributed by atoms with Crippen LogP contribution in [0.1, 0.15) is 27.2 Å². The van der Waals surface area contributed by atoms with Crippen molar-refractivity contribution in [2.24, 2.45) is 5.92 Å². The van der Waals surface area contributed by atoms with Crippen molar-refractivity contribution in [1.29, 1.82) is 0 Å². The third kappa shape index (κ3) is 4.79. The summed E-state index contributed by atoms with van der Waals surface area (Å²) in [5.74, 6) is 0.488. The number of amides is 2. The summed E-state index contributed by atoms with van der Waals surface area (Å²) in [5.41, 5.74) is -0.476. The molecule has 2 amide bonds. The number of hydrogen-bond acceptors (Lipinski definition) is 3. The zero-order valence-corrected chi connectivity index (χ0v) is 13.6. The number of ether oxygens (including phenoxy) is 1. The van der Waals surface area contributed by atoms with Gasteiger partial charge in [0.2, 0.25) is 0 Å². The molecule has 21 heavy (non-hydrogen) atoms. The first-order valence-electron chi connectivity index (χ1n) is 6.91. The molecule has 0 aromatic heterocycles. The number of anilines is 1. The van der Waals surface area contributed by atoms with Gasteiger partial charge in [-0.1, -0.05) is 37.9 Å². The summed E-state index contributed by atoms with van der Waals surface area (Å²) in [5, 5.41) is 16.0. The maximum atomic E-state index is 11.9. The lowest BCUT2D eigenvalue weighted by molar-refractivity contribution is 0.00827. The highest BCUT2D eigenvalue weighted by molar-refractivity contribution is 6.32. The van der Waals surface area contributed by atoms with Crippen LogP contribution in [0.25, 0.3) is 0 Å². The second-order valence-electron chi connectivity index (χ2n) is 5.29. The van der Waals surface area contributed by atoms with Crippen LogP contribution in [0.3, 0.4) is 0 Å². The molecule has 0 spiro atoms. The zero-order valence-electron chi connectivity index (χ0n) is 12.9. The van der Waals surface area contributed by atoms with Crippen LogP contribution in [0.4, 0.5) is 10.5 Å². The van der Waals surface area contributed by atoms with Crippen LogP contribution in [0, 0.1) is 5.92 Å². The van der Waals surface area contributed by atoms with Gasteiger partial charge in [0.25, 0.3) is 0 Å². The van der Waals surface area contributed by atoms with E-state index in [2.05, 4.69) is 10.6 Å². The maximum absolute atomic E-state index is 11.9. The number of aliphatic hydroxyl groups is 1. The number of carbonyl (C=O) groups excluding carboxylic acids is 1. The molecule has 3 N–H and O–H groups in total. The molecule has 1 aromatic carbocycles. The van der Waals surface area contributed by atoms with E-state index in [-0.39, 0.29) is 12.5 Å². The molecule has 0 fully saturated rings. The van der Waals surface area contributed by atoms with Gasteiger partial charge in [-0.05, 0) is 25.0 Å². The van der Waals surface area contributed by atoms with Crippen LogP contribution in [0.5, 0.6) is 5.75 Å². The summed E-state index contributed by atoms with van der Waals surface area (Å²) < 4.78 is 5.15. The van der Waals surface area contributed by atoms with E-state index in [9.17, 15) is 9.90 Å². The zero-order chi connectivity index (χ0) is 16.0. The van der Waals surface area contributed by atoms with Crippen LogP contribution >= 0.6 is 11.6 Å². The Morgan fingerprint density at radius 3 is 2.76 bits per heavy atom. The van der Waals surface area contributed by atoms with E-state index in [0.29, 0.717) is 16.5 Å². The number of urea groups is 1. The molecule has 2 atom stereocenters. The third-order valence-corrected chi connectivity index (χ3v) is 4.00. The average Bonchev–Trinajstić information content (AvgIpc) is 2.44. The molecule has 0 aliphatic rings. The summed E-state index contributed by atoms with van der Waals surface area (Å²) >= 11 is 5.99. The number of halogens is 1. The molecular weight excluding hydrogens is 292 g/mol. The Balaban J connectivity index is 2.65. The standard InChI is InChI=1S/C15H23ClN2O3/c1-5-10(2)15(3,20)9-17-14(19)18-12-8-6-7-11(16)13(12)21-4/h6-8,10,20H,5,9H2,1-4H3,(H2,17,18,19). The summed E-state index contributed by atoms with van der Waals surface area (Å²) in [4.78, 5) is 11.9. The maximum Gasteiger partial charge on any atom is 0.319 e. The summed E-state index contributed by atoms with van der Waals surface area (Å²) in [6.45, 7) is 5.81. The molecule has 0 bridgehead atoms. The van der Waals surface area contributed by atoms with Crippen LogP contribution in [0.2, 0.25) is 5.02 Å². The lowest BCUT2D eigenvalue weighted by Gasteiger charge is -2.29. The predicted octanol–water partition coefficient (Wildman–Crippen LogP) is 3.27. The number of benzene rings is 1. The monoisotopic (exact) mass is 314 g/mol. The van der Waals surface area contributed by atoms with Gasteiger partial charge < -0.3 is 20.5 Å². The largest absolute Gasteiger partial charge is 0.493 e. The quantitative estimate of drug-likeness (QED) is 0.754. The van der Waals surface area contributed by atoms with E-state index in [4.69, 9.17) is 16.3 Å². The van der Waals surface area contributed by atoms with Crippen LogP contribution in [-0.4, -0.2) is 30.4 Å². The van der Waals surface area contributed by atoms with Gasteiger partial charge in [0.1, 0.15) is 0 Å². The highest BCUT2D eigenvalue weighted by atomic mass is 35.5. The molecule has 0 aliphatic heterocycles. The fourth-order valence-corrected chi connectivity index (χ4v) is 2.11. The van der Waals surface area contributed by atoms with Gasteiger partial charge in [-0.15, -0.1) is 0 Å². The number of methoxy groups -OCH3 is 1. The molecule has 0 saturated carbocycles. The summed E-state index contributed by atoms with van der Waals surface area (Å²) in [6.07, 6.45) is 0.832. The molecule has 2 unspecified atom stereocenters. The van der Waals surface area contributed by atoms with Gasteiger partial charge in [0, 0.05) is 6.54 Å². The molecule has 0 aliphatic carbocycles. The first-order chi connectivity index (χ1) is 9.81. The van der Waals surface area contributed by atoms with Crippen LogP contribution in [0.15, 0.2) is 18.2 Å². The fourth-order valence-electron chi connectivity index (χ4n) is 1.85. The molecule has 0 heterocycles. The van der Waals surface area contributed by atoms with E-state index >= 15 is 0 Å². The minimum absolute atomic E-state index is 0.0819. The van der Waals surface area contributed by atoms with Crippen LogP contribution < -0.4 is 15.4 Å². The average molecular weight is 315 g/mol. The van der Waals surface area contributed by atoms with E-state index in [1.54, 1.807) is 25.1 Å². The van der Waals surface area contributed by atoms with E-state index in [1.165, 1.54) is 7.11 Å². The molecule has 6 heteroatoms. The summed E-state index contributed by atoms with van der Waals surface area (Å²) in [6, 6.07) is 4.67. The van der Waals surface area contributed by atoms with Gasteiger partial charge in [-0.2, -0.15) is 0 Å². The van der Waals surface area contributed by atoms with E-state index < -0.39 is 11.6 Å². The second kappa shape index (κ2) is 7.52. The first-order valence-corrected chi connectivity index (χ1v) is 7.29. The molecular formula is C15H23ClN2O3. The molecule has 0 saturated heterocycles. The van der Waals surface area contributed by atoms with E-state index in [0.717, 1.165) is 6.42 Å². The van der Waals surface area contributed by atoms with E-state index in [1.807, 2.05) is 13.8 Å². The Morgan fingerprint density at radius 2 is 2.19 bits per heavy atom. The van der Waals surface area contributed by atoms with Gasteiger partial charge in [-0.25, -0.2) is 4.79 Å². The first kappa shape index (κ1) is 17.6. The smallest absolute Gasteiger partial charge is 0.319 e. The van der Waals surface area contributed by atoms with Crippen molar-refractivity contribution in [3.63, 3.8) is 0 Å². The number of rotatable bonds is 6. The minimum Gasteiger partial charge on any atom is -0.493 e. The fraction of sp³-hybridized carbons (Fsp3) is 0.533. The Bertz CT molecular complexity index is 492. The van der Waals surface area contributed by atoms with Crippen molar-refractivity contribution in [3.05, 3.63) is 23.2 Å². The highest BCUT2D eigenvalue weighted by Gasteiger charge is 2.27. The number of nitrogens with one attached hydrogen (secondary N) is 2. The van der Waals surface area contributed by atoms with Crippen molar-refractivity contribution in [1.82, 2.24) is 5.32 Å². The Kier molecular flexibility index (Phi) is 6.30. The highest BCUT2D eigenvalue weighted by Crippen LogP contribution is 2.32. The molecule has 0 radical (unpaired) electrons. The number of hydrogen-bond donors (Lipinski definition) is 3. The van der Waals surface area contributed by atoms with Gasteiger partial charge in [0.15, 0.2) is 5.75 Å². The minimum atomic E-state index is -0.954.